The van der Waals surface area contributed by atoms with Gasteiger partial charge in [-0.15, -0.1) is 11.3 Å². The Bertz CT molecular complexity index is 1370. The van der Waals surface area contributed by atoms with Crippen LogP contribution < -0.4 is 20.2 Å². The van der Waals surface area contributed by atoms with Gasteiger partial charge in [-0.25, -0.2) is 10.4 Å². The van der Waals surface area contributed by atoms with Crippen LogP contribution in [0.2, 0.25) is 0 Å². The zero-order valence-corrected chi connectivity index (χ0v) is 22.4. The number of ether oxygens (including phenoxy) is 2. The molecule has 0 spiro atoms. The predicted octanol–water partition coefficient (Wildman–Crippen LogP) is 6.80. The molecule has 4 aromatic rings. The van der Waals surface area contributed by atoms with Crippen molar-refractivity contribution < 1.29 is 14.3 Å². The van der Waals surface area contributed by atoms with E-state index in [4.69, 9.17) is 9.47 Å². The van der Waals surface area contributed by atoms with E-state index < -0.39 is 0 Å². The average Bonchev–Trinajstić information content (AvgIpc) is 3.35. The first-order valence-electron chi connectivity index (χ1n) is 11.2. The fourth-order valence-corrected chi connectivity index (χ4v) is 4.48. The van der Waals surface area contributed by atoms with Gasteiger partial charge in [0.1, 0.15) is 0 Å². The summed E-state index contributed by atoms with van der Waals surface area (Å²) in [6, 6.07) is 19.0. The first-order chi connectivity index (χ1) is 17.5. The summed E-state index contributed by atoms with van der Waals surface area (Å²) in [4.78, 5) is 17.2. The summed E-state index contributed by atoms with van der Waals surface area (Å²) in [7, 11) is 1.57. The molecule has 7 nitrogen and oxygen atoms in total. The highest BCUT2D eigenvalue weighted by Gasteiger charge is 2.10. The number of thiazole rings is 1. The van der Waals surface area contributed by atoms with Crippen LogP contribution in [0.1, 0.15) is 28.4 Å². The molecule has 1 aromatic heterocycles. The van der Waals surface area contributed by atoms with Gasteiger partial charge in [-0.3, -0.25) is 4.79 Å². The van der Waals surface area contributed by atoms with Crippen LogP contribution in [-0.4, -0.2) is 30.8 Å². The van der Waals surface area contributed by atoms with Crippen molar-refractivity contribution in [2.24, 2.45) is 5.10 Å². The van der Waals surface area contributed by atoms with Gasteiger partial charge in [-0.2, -0.15) is 5.10 Å². The zero-order chi connectivity index (χ0) is 25.5. The lowest BCUT2D eigenvalue weighted by molar-refractivity contribution is 0.0955. The van der Waals surface area contributed by atoms with E-state index in [1.54, 1.807) is 31.5 Å². The molecular formula is C27H25BrN4O3S. The van der Waals surface area contributed by atoms with Crippen LogP contribution in [0.25, 0.3) is 11.3 Å². The van der Waals surface area contributed by atoms with Crippen molar-refractivity contribution >= 4 is 50.2 Å². The Balaban J connectivity index is 1.38. The van der Waals surface area contributed by atoms with Crippen LogP contribution in [0, 0.1) is 6.92 Å². The highest BCUT2D eigenvalue weighted by molar-refractivity contribution is 9.10. The summed E-state index contributed by atoms with van der Waals surface area (Å²) in [5.74, 6) is 0.904. The number of rotatable bonds is 9. The Kier molecular flexibility index (Phi) is 8.35. The molecular weight excluding hydrogens is 540 g/mol. The van der Waals surface area contributed by atoms with Gasteiger partial charge in [0, 0.05) is 32.2 Å². The van der Waals surface area contributed by atoms with Gasteiger partial charge in [0.2, 0.25) is 0 Å². The molecule has 3 aromatic carbocycles. The molecule has 0 aliphatic carbocycles. The number of aromatic nitrogens is 1. The Morgan fingerprint density at radius 1 is 1.11 bits per heavy atom. The van der Waals surface area contributed by atoms with Crippen molar-refractivity contribution in [2.45, 2.75) is 13.8 Å². The largest absolute Gasteiger partial charge is 0.493 e. The van der Waals surface area contributed by atoms with Crippen molar-refractivity contribution in [2.75, 3.05) is 19.0 Å². The molecule has 1 heterocycles. The molecule has 0 fully saturated rings. The number of nitrogens with one attached hydrogen (secondary N) is 2. The maximum atomic E-state index is 12.6. The van der Waals surface area contributed by atoms with Gasteiger partial charge >= 0.3 is 0 Å². The van der Waals surface area contributed by atoms with E-state index in [0.717, 1.165) is 32.1 Å². The summed E-state index contributed by atoms with van der Waals surface area (Å²) < 4.78 is 11.7. The second-order valence-corrected chi connectivity index (χ2v) is 9.48. The number of carbonyl (C=O) groups excluding carboxylic acids is 1. The molecule has 0 aliphatic heterocycles. The number of nitrogens with zero attached hydrogens (tertiary/aromatic N) is 2. The summed E-state index contributed by atoms with van der Waals surface area (Å²) >= 11 is 5.03. The fourth-order valence-electron chi connectivity index (χ4n) is 3.32. The lowest BCUT2D eigenvalue weighted by Gasteiger charge is -2.11. The summed E-state index contributed by atoms with van der Waals surface area (Å²) in [6.07, 6.45) is 1.55. The maximum Gasteiger partial charge on any atom is 0.271 e. The lowest BCUT2D eigenvalue weighted by atomic mass is 10.1. The second-order valence-electron chi connectivity index (χ2n) is 7.76. The zero-order valence-electron chi connectivity index (χ0n) is 20.0. The van der Waals surface area contributed by atoms with E-state index in [0.29, 0.717) is 23.7 Å². The smallest absolute Gasteiger partial charge is 0.271 e. The number of hydrogen-bond donors (Lipinski definition) is 2. The highest BCUT2D eigenvalue weighted by Crippen LogP contribution is 2.33. The number of carbonyl (C=O) groups is 1. The van der Waals surface area contributed by atoms with Gasteiger partial charge < -0.3 is 14.8 Å². The normalized spacial score (nSPS) is 10.9. The van der Waals surface area contributed by atoms with E-state index in [2.05, 4.69) is 55.8 Å². The molecule has 0 bridgehead atoms. The number of amides is 1. The van der Waals surface area contributed by atoms with E-state index in [9.17, 15) is 4.79 Å². The highest BCUT2D eigenvalue weighted by atomic mass is 79.9. The average molecular weight is 565 g/mol. The summed E-state index contributed by atoms with van der Waals surface area (Å²) in [5.41, 5.74) is 7.76. The summed E-state index contributed by atoms with van der Waals surface area (Å²) in [6.45, 7) is 4.49. The number of benzene rings is 3. The van der Waals surface area contributed by atoms with Crippen molar-refractivity contribution in [3.05, 3.63) is 87.2 Å². The van der Waals surface area contributed by atoms with Crippen molar-refractivity contribution in [3.63, 3.8) is 0 Å². The standard InChI is InChI=1S/C27H25BrN4O3S/c1-4-35-25-14-22(28)20(13-24(25)34-3)15-29-32-26(33)19-9-7-18(8-10-19)23-16-36-27(31-23)30-21-11-5-17(2)6-12-21/h5-16H,4H2,1-3H3,(H,30,31)(H,32,33)/b29-15-. The third kappa shape index (κ3) is 6.30. The summed E-state index contributed by atoms with van der Waals surface area (Å²) in [5, 5.41) is 10.2. The molecule has 0 saturated heterocycles. The topological polar surface area (TPSA) is 84.8 Å². The van der Waals surface area contributed by atoms with E-state index >= 15 is 0 Å². The van der Waals surface area contributed by atoms with Gasteiger partial charge in [-0.1, -0.05) is 29.8 Å². The van der Waals surface area contributed by atoms with E-state index in [-0.39, 0.29) is 5.91 Å². The number of hydrazone groups is 1. The Labute approximate surface area is 222 Å². The molecule has 0 unspecified atom stereocenters. The van der Waals surface area contributed by atoms with Crippen LogP contribution in [0.5, 0.6) is 11.5 Å². The molecule has 1 amide bonds. The number of halogens is 1. The van der Waals surface area contributed by atoms with Crippen molar-refractivity contribution in [1.82, 2.24) is 10.4 Å². The van der Waals surface area contributed by atoms with Gasteiger partial charge in [0.25, 0.3) is 5.91 Å². The molecule has 0 atom stereocenters. The van der Waals surface area contributed by atoms with Crippen LogP contribution in [-0.2, 0) is 0 Å². The minimum atomic E-state index is -0.313. The maximum absolute atomic E-state index is 12.6. The fraction of sp³-hybridized carbons (Fsp3) is 0.148. The van der Waals surface area contributed by atoms with Gasteiger partial charge in [0.05, 0.1) is 25.6 Å². The first-order valence-corrected chi connectivity index (χ1v) is 12.9. The third-order valence-corrected chi connectivity index (χ3v) is 6.65. The quantitative estimate of drug-likeness (QED) is 0.172. The first kappa shape index (κ1) is 25.4. The number of hydrogen-bond acceptors (Lipinski definition) is 7. The molecule has 0 aliphatic rings. The van der Waals surface area contributed by atoms with Crippen LogP contribution in [0.15, 0.2) is 75.6 Å². The monoisotopic (exact) mass is 564 g/mol. The number of anilines is 2. The third-order valence-electron chi connectivity index (χ3n) is 5.20. The van der Waals surface area contributed by atoms with Crippen LogP contribution in [0.3, 0.4) is 0 Å². The Morgan fingerprint density at radius 3 is 2.56 bits per heavy atom. The molecule has 184 valence electrons. The van der Waals surface area contributed by atoms with Crippen LogP contribution >= 0.6 is 27.3 Å². The molecule has 4 rings (SSSR count). The number of aryl methyl sites for hydroxylation is 1. The minimum absolute atomic E-state index is 0.313. The molecule has 0 saturated carbocycles. The van der Waals surface area contributed by atoms with Crippen molar-refractivity contribution in [1.29, 1.82) is 0 Å². The Hall–Kier alpha value is -3.69. The number of methoxy groups -OCH3 is 1. The molecule has 36 heavy (non-hydrogen) atoms. The predicted molar refractivity (Wildman–Crippen MR) is 149 cm³/mol. The lowest BCUT2D eigenvalue weighted by Crippen LogP contribution is -2.17. The second kappa shape index (κ2) is 11.8. The van der Waals surface area contributed by atoms with Gasteiger partial charge in [-0.05, 0) is 66.2 Å². The molecule has 9 heteroatoms. The van der Waals surface area contributed by atoms with Crippen molar-refractivity contribution in [3.8, 4) is 22.8 Å². The van der Waals surface area contributed by atoms with Crippen LogP contribution in [0.4, 0.5) is 10.8 Å². The SMILES string of the molecule is CCOc1cc(Br)c(/C=N\NC(=O)c2ccc(-c3csc(Nc4ccc(C)cc4)n3)cc2)cc1OC. The van der Waals surface area contributed by atoms with E-state index in [1.165, 1.54) is 16.9 Å². The Morgan fingerprint density at radius 2 is 1.86 bits per heavy atom. The molecule has 0 radical (unpaired) electrons. The molecule has 2 N–H and O–H groups in total. The minimum Gasteiger partial charge on any atom is -0.493 e. The van der Waals surface area contributed by atoms with E-state index in [1.807, 2.05) is 42.6 Å². The van der Waals surface area contributed by atoms with Gasteiger partial charge in [0.15, 0.2) is 16.6 Å².